The molecule has 0 bridgehead atoms. The van der Waals surface area contributed by atoms with Gasteiger partial charge in [-0.05, 0) is 24.8 Å². The smallest absolute Gasteiger partial charge is 0.150 e. The highest BCUT2D eigenvalue weighted by atomic mass is 15.0. The van der Waals surface area contributed by atoms with Crippen molar-refractivity contribution in [3.05, 3.63) is 17.8 Å². The van der Waals surface area contributed by atoms with Crippen molar-refractivity contribution in [3.8, 4) is 6.07 Å². The van der Waals surface area contributed by atoms with E-state index < -0.39 is 0 Å². The lowest BCUT2D eigenvalue weighted by molar-refractivity contribution is 0.567. The molecule has 0 aliphatic carbocycles. The monoisotopic (exact) mass is 218 g/mol. The molecule has 0 aliphatic rings. The van der Waals surface area contributed by atoms with E-state index in [0.29, 0.717) is 23.0 Å². The predicted octanol–water partition coefficient (Wildman–Crippen LogP) is 2.38. The van der Waals surface area contributed by atoms with Gasteiger partial charge in [-0.25, -0.2) is 4.98 Å². The normalized spacial score (nSPS) is 10.1. The Bertz CT molecular complexity index is 379. The number of rotatable bonds is 5. The Morgan fingerprint density at radius 3 is 2.94 bits per heavy atom. The van der Waals surface area contributed by atoms with Crippen LogP contribution in [0.25, 0.3) is 0 Å². The van der Waals surface area contributed by atoms with Gasteiger partial charge in [0.15, 0.2) is 5.82 Å². The Morgan fingerprint density at radius 1 is 1.56 bits per heavy atom. The topological polar surface area (TPSA) is 74.7 Å². The van der Waals surface area contributed by atoms with Crippen molar-refractivity contribution in [3.63, 3.8) is 0 Å². The zero-order chi connectivity index (χ0) is 12.0. The summed E-state index contributed by atoms with van der Waals surface area (Å²) in [6.45, 7) is 5.23. The number of nitrogens with zero attached hydrogens (tertiary/aromatic N) is 2. The summed E-state index contributed by atoms with van der Waals surface area (Å²) in [6, 6.07) is 3.66. The van der Waals surface area contributed by atoms with Gasteiger partial charge in [0, 0.05) is 12.7 Å². The van der Waals surface area contributed by atoms with Gasteiger partial charge in [-0.1, -0.05) is 13.8 Å². The molecule has 0 aromatic carbocycles. The number of nitrogens with one attached hydrogen (secondary N) is 1. The maximum atomic E-state index is 8.80. The predicted molar refractivity (Wildman–Crippen MR) is 65.9 cm³/mol. The summed E-state index contributed by atoms with van der Waals surface area (Å²) in [7, 11) is 0. The van der Waals surface area contributed by atoms with E-state index in [1.165, 1.54) is 6.42 Å². The molecule has 1 aromatic rings. The Balaban J connectivity index is 2.52. The summed E-state index contributed by atoms with van der Waals surface area (Å²) in [5.41, 5.74) is 6.70. The number of pyridine rings is 1. The average Bonchev–Trinajstić information content (AvgIpc) is 2.26. The Morgan fingerprint density at radius 2 is 2.31 bits per heavy atom. The maximum absolute atomic E-state index is 8.80. The fourth-order valence-electron chi connectivity index (χ4n) is 1.43. The van der Waals surface area contributed by atoms with Crippen LogP contribution in [0.5, 0.6) is 0 Å². The molecule has 1 aromatic heterocycles. The standard InChI is InChI=1S/C12H18N4/c1-9(2)4-3-6-15-12-11(14)10(8-13)5-7-16-12/h5,7,9H,3-4,6,14H2,1-2H3,(H,15,16). The van der Waals surface area contributed by atoms with Gasteiger partial charge in [-0.2, -0.15) is 5.26 Å². The van der Waals surface area contributed by atoms with Crippen molar-refractivity contribution in [1.29, 1.82) is 5.26 Å². The summed E-state index contributed by atoms with van der Waals surface area (Å²) < 4.78 is 0. The van der Waals surface area contributed by atoms with E-state index >= 15 is 0 Å². The van der Waals surface area contributed by atoms with Gasteiger partial charge in [-0.3, -0.25) is 0 Å². The number of nitrogens with two attached hydrogens (primary N) is 1. The Labute approximate surface area is 96.5 Å². The lowest BCUT2D eigenvalue weighted by Crippen LogP contribution is -2.08. The van der Waals surface area contributed by atoms with E-state index in [4.69, 9.17) is 11.0 Å². The van der Waals surface area contributed by atoms with Crippen molar-refractivity contribution in [2.45, 2.75) is 26.7 Å². The van der Waals surface area contributed by atoms with Crippen LogP contribution >= 0.6 is 0 Å². The summed E-state index contributed by atoms with van der Waals surface area (Å²) >= 11 is 0. The average molecular weight is 218 g/mol. The second kappa shape index (κ2) is 5.96. The molecule has 3 N–H and O–H groups in total. The third-order valence-electron chi connectivity index (χ3n) is 2.36. The first-order valence-electron chi connectivity index (χ1n) is 5.53. The lowest BCUT2D eigenvalue weighted by atomic mass is 10.1. The van der Waals surface area contributed by atoms with Crippen LogP contribution < -0.4 is 11.1 Å². The highest BCUT2D eigenvalue weighted by Gasteiger charge is 2.04. The minimum atomic E-state index is 0.439. The first kappa shape index (κ1) is 12.3. The zero-order valence-electron chi connectivity index (χ0n) is 9.83. The van der Waals surface area contributed by atoms with Gasteiger partial charge in [0.25, 0.3) is 0 Å². The molecule has 0 saturated heterocycles. The number of nitriles is 1. The molecule has 1 rings (SSSR count). The van der Waals surface area contributed by atoms with E-state index in [2.05, 4.69) is 24.1 Å². The number of hydrogen-bond acceptors (Lipinski definition) is 4. The highest BCUT2D eigenvalue weighted by molar-refractivity contribution is 5.68. The van der Waals surface area contributed by atoms with Crippen LogP contribution in [0.2, 0.25) is 0 Å². The van der Waals surface area contributed by atoms with Crippen LogP contribution in [0.1, 0.15) is 32.3 Å². The Kier molecular flexibility index (Phi) is 4.59. The van der Waals surface area contributed by atoms with Gasteiger partial charge >= 0.3 is 0 Å². The number of aromatic nitrogens is 1. The van der Waals surface area contributed by atoms with Crippen LogP contribution in [0, 0.1) is 17.2 Å². The molecular formula is C12H18N4. The lowest BCUT2D eigenvalue weighted by Gasteiger charge is -2.09. The molecule has 0 fully saturated rings. The van der Waals surface area contributed by atoms with Crippen LogP contribution in [0.3, 0.4) is 0 Å². The molecular weight excluding hydrogens is 200 g/mol. The number of hydrogen-bond donors (Lipinski definition) is 2. The quantitative estimate of drug-likeness (QED) is 0.744. The molecule has 86 valence electrons. The summed E-state index contributed by atoms with van der Waals surface area (Å²) in [5.74, 6) is 1.32. The molecule has 4 nitrogen and oxygen atoms in total. The van der Waals surface area contributed by atoms with Crippen molar-refractivity contribution >= 4 is 11.5 Å². The molecule has 0 aliphatic heterocycles. The second-order valence-electron chi connectivity index (χ2n) is 4.20. The molecule has 0 unspecified atom stereocenters. The first-order valence-corrected chi connectivity index (χ1v) is 5.53. The molecule has 0 saturated carbocycles. The highest BCUT2D eigenvalue weighted by Crippen LogP contribution is 2.18. The SMILES string of the molecule is CC(C)CCCNc1nccc(C#N)c1N. The van der Waals surface area contributed by atoms with E-state index in [1.54, 1.807) is 12.3 Å². The first-order chi connectivity index (χ1) is 7.65. The van der Waals surface area contributed by atoms with Gasteiger partial charge < -0.3 is 11.1 Å². The van der Waals surface area contributed by atoms with Crippen LogP contribution in [0.15, 0.2) is 12.3 Å². The van der Waals surface area contributed by atoms with Crippen molar-refractivity contribution < 1.29 is 0 Å². The second-order valence-corrected chi connectivity index (χ2v) is 4.20. The van der Waals surface area contributed by atoms with Crippen LogP contribution in [-0.4, -0.2) is 11.5 Å². The largest absolute Gasteiger partial charge is 0.395 e. The van der Waals surface area contributed by atoms with Crippen molar-refractivity contribution in [2.24, 2.45) is 5.92 Å². The molecule has 0 atom stereocenters. The Hall–Kier alpha value is -1.76. The number of anilines is 2. The van der Waals surface area contributed by atoms with E-state index in [9.17, 15) is 0 Å². The molecule has 0 radical (unpaired) electrons. The zero-order valence-corrected chi connectivity index (χ0v) is 9.83. The maximum Gasteiger partial charge on any atom is 0.150 e. The van der Waals surface area contributed by atoms with Crippen LogP contribution in [0.4, 0.5) is 11.5 Å². The van der Waals surface area contributed by atoms with Crippen molar-refractivity contribution in [2.75, 3.05) is 17.6 Å². The van der Waals surface area contributed by atoms with E-state index in [1.807, 2.05) is 6.07 Å². The van der Waals surface area contributed by atoms with Gasteiger partial charge in [0.1, 0.15) is 6.07 Å². The van der Waals surface area contributed by atoms with Gasteiger partial charge in [0.05, 0.1) is 11.3 Å². The third kappa shape index (κ3) is 3.43. The summed E-state index contributed by atoms with van der Waals surface area (Å²) in [4.78, 5) is 4.12. The molecule has 4 heteroatoms. The van der Waals surface area contributed by atoms with Gasteiger partial charge in [0.2, 0.25) is 0 Å². The van der Waals surface area contributed by atoms with E-state index in [-0.39, 0.29) is 0 Å². The minimum absolute atomic E-state index is 0.439. The van der Waals surface area contributed by atoms with Crippen molar-refractivity contribution in [1.82, 2.24) is 4.98 Å². The molecule has 0 amide bonds. The third-order valence-corrected chi connectivity index (χ3v) is 2.36. The van der Waals surface area contributed by atoms with Gasteiger partial charge in [-0.15, -0.1) is 0 Å². The molecule has 1 heterocycles. The van der Waals surface area contributed by atoms with E-state index in [0.717, 1.165) is 13.0 Å². The summed E-state index contributed by atoms with van der Waals surface area (Å²) in [5, 5.41) is 12.0. The molecule has 0 spiro atoms. The fourth-order valence-corrected chi connectivity index (χ4v) is 1.43. The number of nitrogen functional groups attached to an aromatic ring is 1. The minimum Gasteiger partial charge on any atom is -0.395 e. The summed E-state index contributed by atoms with van der Waals surface area (Å²) in [6.07, 6.45) is 3.85. The molecule has 16 heavy (non-hydrogen) atoms. The fraction of sp³-hybridized carbons (Fsp3) is 0.500. The van der Waals surface area contributed by atoms with Crippen LogP contribution in [-0.2, 0) is 0 Å².